The highest BCUT2D eigenvalue weighted by molar-refractivity contribution is 5.90. The highest BCUT2D eigenvalue weighted by Gasteiger charge is 2.27. The predicted octanol–water partition coefficient (Wildman–Crippen LogP) is 3.54. The van der Waals surface area contributed by atoms with Gasteiger partial charge in [0, 0.05) is 13.1 Å². The molecule has 29 heavy (non-hydrogen) atoms. The Morgan fingerprint density at radius 2 is 1.79 bits per heavy atom. The molecule has 0 aliphatic carbocycles. The third kappa shape index (κ3) is 4.51. The summed E-state index contributed by atoms with van der Waals surface area (Å²) in [4.78, 5) is 18.9. The highest BCUT2D eigenvalue weighted by Crippen LogP contribution is 2.18. The van der Waals surface area contributed by atoms with Gasteiger partial charge in [-0.3, -0.25) is 4.79 Å². The first kappa shape index (κ1) is 19.3. The van der Waals surface area contributed by atoms with Crippen molar-refractivity contribution >= 4 is 5.91 Å². The van der Waals surface area contributed by atoms with E-state index in [1.807, 2.05) is 30.3 Å². The molecule has 0 radical (unpaired) electrons. The van der Waals surface area contributed by atoms with E-state index in [0.29, 0.717) is 31.2 Å². The Labute approximate surface area is 168 Å². The Kier molecular flexibility index (Phi) is 5.67. The molecule has 0 spiro atoms. The molecule has 6 nitrogen and oxygen atoms in total. The summed E-state index contributed by atoms with van der Waals surface area (Å²) in [6.07, 6.45) is 1.72. The van der Waals surface area contributed by atoms with Crippen molar-refractivity contribution in [3.8, 4) is 5.69 Å². The molecule has 0 saturated carbocycles. The van der Waals surface area contributed by atoms with Gasteiger partial charge in [0.25, 0.3) is 5.91 Å². The number of likely N-dealkylation sites (tertiary alicyclic amines) is 1. The molecule has 0 bridgehead atoms. The molecule has 0 N–H and O–H groups in total. The summed E-state index contributed by atoms with van der Waals surface area (Å²) in [5, 5.41) is 4.34. The molecule has 2 heterocycles. The van der Waals surface area contributed by atoms with Crippen LogP contribution in [0.15, 0.2) is 54.6 Å². The molecule has 1 aliphatic rings. The van der Waals surface area contributed by atoms with Gasteiger partial charge in [-0.05, 0) is 49.6 Å². The van der Waals surface area contributed by atoms with Crippen molar-refractivity contribution in [2.24, 2.45) is 0 Å². The molecule has 0 atom stereocenters. The van der Waals surface area contributed by atoms with Crippen molar-refractivity contribution in [1.82, 2.24) is 19.7 Å². The molecule has 0 unspecified atom stereocenters. The molecular formula is C22H23FN4O2. The van der Waals surface area contributed by atoms with Crippen LogP contribution in [-0.2, 0) is 11.3 Å². The van der Waals surface area contributed by atoms with Crippen LogP contribution in [0.3, 0.4) is 0 Å². The summed E-state index contributed by atoms with van der Waals surface area (Å²) in [6, 6.07) is 16.0. The zero-order valence-corrected chi connectivity index (χ0v) is 16.3. The van der Waals surface area contributed by atoms with E-state index in [1.165, 1.54) is 12.1 Å². The predicted molar refractivity (Wildman–Crippen MR) is 106 cm³/mol. The van der Waals surface area contributed by atoms with E-state index in [4.69, 9.17) is 4.74 Å². The van der Waals surface area contributed by atoms with Gasteiger partial charge in [-0.2, -0.15) is 0 Å². The number of nitrogens with zero attached hydrogens (tertiary/aromatic N) is 4. The van der Waals surface area contributed by atoms with Crippen molar-refractivity contribution in [3.63, 3.8) is 0 Å². The molecule has 1 saturated heterocycles. The molecule has 4 rings (SSSR count). The number of carbonyl (C=O) groups excluding carboxylic acids is 1. The number of hydrogen-bond acceptors (Lipinski definition) is 4. The van der Waals surface area contributed by atoms with Crippen LogP contribution in [0.4, 0.5) is 4.39 Å². The maximum Gasteiger partial charge on any atom is 0.293 e. The van der Waals surface area contributed by atoms with Gasteiger partial charge >= 0.3 is 0 Å². The van der Waals surface area contributed by atoms with Crippen LogP contribution < -0.4 is 0 Å². The largest absolute Gasteiger partial charge is 0.373 e. The fourth-order valence-corrected chi connectivity index (χ4v) is 3.46. The number of rotatable bonds is 5. The number of hydrogen-bond donors (Lipinski definition) is 0. The normalized spacial score (nSPS) is 14.9. The van der Waals surface area contributed by atoms with E-state index in [9.17, 15) is 9.18 Å². The maximum atomic E-state index is 13.1. The average molecular weight is 394 g/mol. The van der Waals surface area contributed by atoms with Crippen LogP contribution in [0.1, 0.15) is 34.8 Å². The van der Waals surface area contributed by atoms with Crippen molar-refractivity contribution in [1.29, 1.82) is 0 Å². The van der Waals surface area contributed by atoms with Gasteiger partial charge in [-0.15, -0.1) is 5.10 Å². The number of amides is 1. The van der Waals surface area contributed by atoms with Gasteiger partial charge in [0.05, 0.1) is 18.4 Å². The Morgan fingerprint density at radius 1 is 1.10 bits per heavy atom. The number of aromatic nitrogens is 3. The summed E-state index contributed by atoms with van der Waals surface area (Å²) >= 11 is 0. The minimum atomic E-state index is -0.319. The third-order valence-corrected chi connectivity index (χ3v) is 5.09. The minimum Gasteiger partial charge on any atom is -0.373 e. The van der Waals surface area contributed by atoms with E-state index in [1.54, 1.807) is 28.6 Å². The summed E-state index contributed by atoms with van der Waals surface area (Å²) in [7, 11) is 0. The molecule has 3 aromatic rings. The average Bonchev–Trinajstić information content (AvgIpc) is 3.15. The second kappa shape index (κ2) is 8.53. The molecule has 1 aliphatic heterocycles. The lowest BCUT2D eigenvalue weighted by Gasteiger charge is -2.31. The van der Waals surface area contributed by atoms with Gasteiger partial charge in [-0.25, -0.2) is 14.1 Å². The fourth-order valence-electron chi connectivity index (χ4n) is 3.46. The summed E-state index contributed by atoms with van der Waals surface area (Å²) < 4.78 is 20.7. The standard InChI is InChI=1S/C22H23FN4O2/c1-16-24-21(25-27(16)19-9-7-18(23)8-10-19)22(28)26-13-11-20(12-14-26)29-15-17-5-3-2-4-6-17/h2-10,20H,11-15H2,1H3. The van der Waals surface area contributed by atoms with Gasteiger partial charge in [0.1, 0.15) is 11.6 Å². The third-order valence-electron chi connectivity index (χ3n) is 5.09. The Hall–Kier alpha value is -3.06. The summed E-state index contributed by atoms with van der Waals surface area (Å²) in [5.41, 5.74) is 1.82. The first-order valence-corrected chi connectivity index (χ1v) is 9.74. The summed E-state index contributed by atoms with van der Waals surface area (Å²) in [5.74, 6) is 0.243. The number of halogens is 1. The lowest BCUT2D eigenvalue weighted by atomic mass is 10.1. The first-order valence-electron chi connectivity index (χ1n) is 9.74. The van der Waals surface area contributed by atoms with Crippen LogP contribution in [0.2, 0.25) is 0 Å². The van der Waals surface area contributed by atoms with E-state index in [2.05, 4.69) is 10.1 Å². The SMILES string of the molecule is Cc1nc(C(=O)N2CCC(OCc3ccccc3)CC2)nn1-c1ccc(F)cc1. The molecule has 1 fully saturated rings. The van der Waals surface area contributed by atoms with Crippen molar-refractivity contribution < 1.29 is 13.9 Å². The fraction of sp³-hybridized carbons (Fsp3) is 0.318. The van der Waals surface area contributed by atoms with Crippen molar-refractivity contribution in [3.05, 3.63) is 77.6 Å². The van der Waals surface area contributed by atoms with Gasteiger partial charge in [-0.1, -0.05) is 30.3 Å². The molecule has 7 heteroatoms. The van der Waals surface area contributed by atoms with Gasteiger partial charge in [0.2, 0.25) is 5.82 Å². The van der Waals surface area contributed by atoms with Crippen LogP contribution in [0.5, 0.6) is 0 Å². The summed E-state index contributed by atoms with van der Waals surface area (Å²) in [6.45, 7) is 3.59. The number of benzene rings is 2. The lowest BCUT2D eigenvalue weighted by molar-refractivity contribution is -0.000648. The number of ether oxygens (including phenoxy) is 1. The number of carbonyl (C=O) groups is 1. The Bertz CT molecular complexity index is 964. The lowest BCUT2D eigenvalue weighted by Crippen LogP contribution is -2.41. The molecular weight excluding hydrogens is 371 g/mol. The van der Waals surface area contributed by atoms with Crippen LogP contribution in [-0.4, -0.2) is 44.8 Å². The zero-order chi connectivity index (χ0) is 20.2. The van der Waals surface area contributed by atoms with Crippen molar-refractivity contribution in [2.75, 3.05) is 13.1 Å². The van der Waals surface area contributed by atoms with Gasteiger partial charge in [0.15, 0.2) is 0 Å². The quantitative estimate of drug-likeness (QED) is 0.664. The van der Waals surface area contributed by atoms with Crippen LogP contribution in [0, 0.1) is 12.7 Å². The zero-order valence-electron chi connectivity index (χ0n) is 16.3. The van der Waals surface area contributed by atoms with E-state index >= 15 is 0 Å². The van der Waals surface area contributed by atoms with Crippen LogP contribution in [0.25, 0.3) is 5.69 Å². The maximum absolute atomic E-state index is 13.1. The minimum absolute atomic E-state index is 0.144. The smallest absolute Gasteiger partial charge is 0.293 e. The molecule has 150 valence electrons. The highest BCUT2D eigenvalue weighted by atomic mass is 19.1. The molecule has 2 aromatic carbocycles. The van der Waals surface area contributed by atoms with Crippen molar-refractivity contribution in [2.45, 2.75) is 32.5 Å². The van der Waals surface area contributed by atoms with E-state index in [-0.39, 0.29) is 23.7 Å². The Balaban J connectivity index is 1.35. The van der Waals surface area contributed by atoms with E-state index < -0.39 is 0 Å². The second-order valence-corrected chi connectivity index (χ2v) is 7.16. The first-order chi connectivity index (χ1) is 14.1. The monoisotopic (exact) mass is 394 g/mol. The van der Waals surface area contributed by atoms with Gasteiger partial charge < -0.3 is 9.64 Å². The molecule has 1 amide bonds. The number of piperidine rings is 1. The van der Waals surface area contributed by atoms with Crippen LogP contribution >= 0.6 is 0 Å². The second-order valence-electron chi connectivity index (χ2n) is 7.16. The van der Waals surface area contributed by atoms with E-state index in [0.717, 1.165) is 18.4 Å². The number of aryl methyl sites for hydroxylation is 1. The topological polar surface area (TPSA) is 60.3 Å². The molecule has 1 aromatic heterocycles. The Morgan fingerprint density at radius 3 is 2.48 bits per heavy atom.